The highest BCUT2D eigenvalue weighted by Crippen LogP contribution is 2.25. The second-order valence-electron chi connectivity index (χ2n) is 5.70. The Morgan fingerprint density at radius 3 is 2.25 bits per heavy atom. The average Bonchev–Trinajstić information content (AvgIpc) is 2.55. The zero-order valence-electron chi connectivity index (χ0n) is 14.8. The van der Waals surface area contributed by atoms with Crippen LogP contribution in [0.2, 0.25) is 0 Å². The van der Waals surface area contributed by atoms with Crippen molar-refractivity contribution in [1.82, 2.24) is 0 Å². The fourth-order valence-electron chi connectivity index (χ4n) is 2.68. The van der Waals surface area contributed by atoms with Crippen molar-refractivity contribution in [1.29, 1.82) is 0 Å². The van der Waals surface area contributed by atoms with Crippen LogP contribution >= 0.6 is 0 Å². The minimum Gasteiger partial charge on any atom is -0.497 e. The summed E-state index contributed by atoms with van der Waals surface area (Å²) in [5.41, 5.74) is 4.92. The van der Waals surface area contributed by atoms with Crippen molar-refractivity contribution in [2.24, 2.45) is 0 Å². The predicted octanol–water partition coefficient (Wildman–Crippen LogP) is 4.28. The van der Waals surface area contributed by atoms with E-state index in [4.69, 9.17) is 9.47 Å². The van der Waals surface area contributed by atoms with Crippen LogP contribution in [0.3, 0.4) is 0 Å². The second-order valence-corrected chi connectivity index (χ2v) is 5.70. The van der Waals surface area contributed by atoms with Crippen LogP contribution in [0.1, 0.15) is 22.3 Å². The number of methoxy groups -OCH3 is 2. The standard InChI is InChI=1S/C20H23NO3/c1-13-10-14(2)20(15(3)11-13)21-19(22)9-6-16-12-17(23-4)7-8-18(16)24-5/h6-12H,1-5H3,(H,21,22)/b9-6+. The topological polar surface area (TPSA) is 47.6 Å². The summed E-state index contributed by atoms with van der Waals surface area (Å²) in [4.78, 5) is 12.3. The summed E-state index contributed by atoms with van der Waals surface area (Å²) in [6.07, 6.45) is 3.21. The van der Waals surface area contributed by atoms with Gasteiger partial charge in [-0.05, 0) is 56.2 Å². The first kappa shape index (κ1) is 17.6. The van der Waals surface area contributed by atoms with E-state index in [0.29, 0.717) is 11.5 Å². The molecule has 0 unspecified atom stereocenters. The van der Waals surface area contributed by atoms with E-state index in [1.165, 1.54) is 11.6 Å². The Morgan fingerprint density at radius 1 is 1.00 bits per heavy atom. The molecule has 2 rings (SSSR count). The quantitative estimate of drug-likeness (QED) is 0.835. The number of anilines is 1. The molecule has 2 aromatic carbocycles. The maximum Gasteiger partial charge on any atom is 0.248 e. The molecule has 0 bridgehead atoms. The van der Waals surface area contributed by atoms with Gasteiger partial charge in [0.1, 0.15) is 11.5 Å². The number of carbonyl (C=O) groups excluding carboxylic acids is 1. The van der Waals surface area contributed by atoms with Crippen molar-refractivity contribution in [3.05, 3.63) is 58.7 Å². The van der Waals surface area contributed by atoms with Crippen molar-refractivity contribution in [2.75, 3.05) is 19.5 Å². The summed E-state index contributed by atoms with van der Waals surface area (Å²) < 4.78 is 10.5. The molecule has 4 heteroatoms. The summed E-state index contributed by atoms with van der Waals surface area (Å²) in [6.45, 7) is 6.02. The number of aryl methyl sites for hydroxylation is 3. The van der Waals surface area contributed by atoms with Gasteiger partial charge in [0.2, 0.25) is 5.91 Å². The molecule has 0 spiro atoms. The molecule has 0 atom stereocenters. The van der Waals surface area contributed by atoms with E-state index in [9.17, 15) is 4.79 Å². The maximum atomic E-state index is 12.3. The smallest absolute Gasteiger partial charge is 0.248 e. The average molecular weight is 325 g/mol. The van der Waals surface area contributed by atoms with Crippen molar-refractivity contribution in [3.8, 4) is 11.5 Å². The molecule has 0 aliphatic heterocycles. The van der Waals surface area contributed by atoms with E-state index in [0.717, 1.165) is 22.4 Å². The Bertz CT molecular complexity index is 755. The largest absolute Gasteiger partial charge is 0.497 e. The molecule has 1 amide bonds. The Hall–Kier alpha value is -2.75. The van der Waals surface area contributed by atoms with Gasteiger partial charge in [-0.25, -0.2) is 0 Å². The summed E-state index contributed by atoms with van der Waals surface area (Å²) in [7, 11) is 3.20. The van der Waals surface area contributed by atoms with Gasteiger partial charge < -0.3 is 14.8 Å². The zero-order chi connectivity index (χ0) is 17.7. The lowest BCUT2D eigenvalue weighted by Crippen LogP contribution is -2.10. The summed E-state index contributed by atoms with van der Waals surface area (Å²) in [6, 6.07) is 9.56. The molecule has 0 aliphatic rings. The van der Waals surface area contributed by atoms with E-state index in [1.54, 1.807) is 20.3 Å². The lowest BCUT2D eigenvalue weighted by atomic mass is 10.1. The van der Waals surface area contributed by atoms with E-state index in [-0.39, 0.29) is 5.91 Å². The molecular formula is C20H23NO3. The van der Waals surface area contributed by atoms with E-state index >= 15 is 0 Å². The molecule has 0 heterocycles. The fraction of sp³-hybridized carbons (Fsp3) is 0.250. The van der Waals surface area contributed by atoms with Crippen molar-refractivity contribution < 1.29 is 14.3 Å². The third kappa shape index (κ3) is 4.16. The first-order valence-corrected chi connectivity index (χ1v) is 7.73. The van der Waals surface area contributed by atoms with Crippen LogP contribution < -0.4 is 14.8 Å². The van der Waals surface area contributed by atoms with Gasteiger partial charge in [0.15, 0.2) is 0 Å². The Kier molecular flexibility index (Phi) is 5.64. The van der Waals surface area contributed by atoms with Gasteiger partial charge in [0.05, 0.1) is 14.2 Å². The monoisotopic (exact) mass is 325 g/mol. The molecule has 126 valence electrons. The summed E-state index contributed by atoms with van der Waals surface area (Å²) in [5, 5.41) is 2.94. The molecule has 2 aromatic rings. The molecule has 0 saturated heterocycles. The van der Waals surface area contributed by atoms with Gasteiger partial charge in [0, 0.05) is 17.3 Å². The number of nitrogens with one attached hydrogen (secondary N) is 1. The van der Waals surface area contributed by atoms with Crippen LogP contribution in [0.15, 0.2) is 36.4 Å². The molecule has 0 fully saturated rings. The van der Waals surface area contributed by atoms with Crippen LogP contribution in [0.4, 0.5) is 5.69 Å². The van der Waals surface area contributed by atoms with Gasteiger partial charge >= 0.3 is 0 Å². The Labute approximate surface area is 143 Å². The molecule has 4 nitrogen and oxygen atoms in total. The lowest BCUT2D eigenvalue weighted by molar-refractivity contribution is -0.111. The maximum absolute atomic E-state index is 12.3. The molecule has 0 saturated carbocycles. The van der Waals surface area contributed by atoms with Crippen molar-refractivity contribution in [2.45, 2.75) is 20.8 Å². The number of benzene rings is 2. The van der Waals surface area contributed by atoms with E-state index in [2.05, 4.69) is 17.4 Å². The highest BCUT2D eigenvalue weighted by Gasteiger charge is 2.07. The van der Waals surface area contributed by atoms with Crippen molar-refractivity contribution >= 4 is 17.7 Å². The fourth-order valence-corrected chi connectivity index (χ4v) is 2.68. The minimum atomic E-state index is -0.185. The first-order valence-electron chi connectivity index (χ1n) is 7.73. The first-order chi connectivity index (χ1) is 11.4. The third-order valence-electron chi connectivity index (χ3n) is 3.78. The molecule has 24 heavy (non-hydrogen) atoms. The number of ether oxygens (including phenoxy) is 2. The van der Waals surface area contributed by atoms with Crippen LogP contribution in [0.5, 0.6) is 11.5 Å². The van der Waals surface area contributed by atoms with Gasteiger partial charge in [0.25, 0.3) is 0 Å². The number of amides is 1. The van der Waals surface area contributed by atoms with Gasteiger partial charge in [-0.3, -0.25) is 4.79 Å². The van der Waals surface area contributed by atoms with Gasteiger partial charge in [-0.2, -0.15) is 0 Å². The number of rotatable bonds is 5. The highest BCUT2D eigenvalue weighted by atomic mass is 16.5. The molecule has 0 aliphatic carbocycles. The Morgan fingerprint density at radius 2 is 1.67 bits per heavy atom. The van der Waals surface area contributed by atoms with Crippen LogP contribution in [0.25, 0.3) is 6.08 Å². The molecule has 1 N–H and O–H groups in total. The number of hydrogen-bond acceptors (Lipinski definition) is 3. The predicted molar refractivity (Wildman–Crippen MR) is 97.9 cm³/mol. The van der Waals surface area contributed by atoms with E-state index in [1.807, 2.05) is 39.0 Å². The van der Waals surface area contributed by atoms with Crippen LogP contribution in [0, 0.1) is 20.8 Å². The van der Waals surface area contributed by atoms with Crippen molar-refractivity contribution in [3.63, 3.8) is 0 Å². The van der Waals surface area contributed by atoms with Crippen LogP contribution in [-0.2, 0) is 4.79 Å². The zero-order valence-corrected chi connectivity index (χ0v) is 14.8. The number of carbonyl (C=O) groups is 1. The molecule has 0 aromatic heterocycles. The van der Waals surface area contributed by atoms with Crippen LogP contribution in [-0.4, -0.2) is 20.1 Å². The minimum absolute atomic E-state index is 0.185. The second kappa shape index (κ2) is 7.68. The SMILES string of the molecule is COc1ccc(OC)c(/C=C/C(=O)Nc2c(C)cc(C)cc2C)c1. The summed E-state index contributed by atoms with van der Waals surface area (Å²) >= 11 is 0. The van der Waals surface area contributed by atoms with E-state index < -0.39 is 0 Å². The third-order valence-corrected chi connectivity index (χ3v) is 3.78. The molecular weight excluding hydrogens is 302 g/mol. The summed E-state index contributed by atoms with van der Waals surface area (Å²) in [5.74, 6) is 1.21. The van der Waals surface area contributed by atoms with Gasteiger partial charge in [-0.15, -0.1) is 0 Å². The van der Waals surface area contributed by atoms with Gasteiger partial charge in [-0.1, -0.05) is 17.7 Å². The highest BCUT2D eigenvalue weighted by molar-refractivity contribution is 6.03. The normalized spacial score (nSPS) is 10.7. The molecule has 0 radical (unpaired) electrons. The number of hydrogen-bond donors (Lipinski definition) is 1. The lowest BCUT2D eigenvalue weighted by Gasteiger charge is -2.11. The Balaban J connectivity index is 2.20.